The van der Waals surface area contributed by atoms with E-state index in [-0.39, 0.29) is 5.75 Å². The van der Waals surface area contributed by atoms with Gasteiger partial charge in [0.15, 0.2) is 5.65 Å². The highest BCUT2D eigenvalue weighted by atomic mass is 79.9. The molecule has 0 fully saturated rings. The molecule has 2 aromatic rings. The number of aromatic nitrogens is 2. The molecular weight excluding hydrogens is 376 g/mol. The minimum absolute atomic E-state index is 0.131. The first-order valence-electron chi connectivity index (χ1n) is 5.96. The van der Waals surface area contributed by atoms with Gasteiger partial charge < -0.3 is 0 Å². The van der Waals surface area contributed by atoms with Gasteiger partial charge in [-0.15, -0.1) is 0 Å². The maximum Gasteiger partial charge on any atom is 0.243 e. The predicted molar refractivity (Wildman–Crippen MR) is 90.1 cm³/mol. The van der Waals surface area contributed by atoms with Gasteiger partial charge in [-0.2, -0.15) is 0 Å². The third-order valence-corrected chi connectivity index (χ3v) is 5.42. The van der Waals surface area contributed by atoms with Crippen LogP contribution in [0.15, 0.2) is 59.9 Å². The van der Waals surface area contributed by atoms with Crippen molar-refractivity contribution in [3.05, 3.63) is 64.9 Å². The number of nitrogens with zero attached hydrogens (tertiary/aromatic N) is 2. The largest absolute Gasteiger partial charge is 0.243 e. The SMILES string of the molecule is C=C/C=C\C=C/CS(=O)(=O)n1ccc2c(Cl)c(Br)cnc21. The molecule has 110 valence electrons. The summed E-state index contributed by atoms with van der Waals surface area (Å²) in [6.45, 7) is 3.53. The van der Waals surface area contributed by atoms with E-state index < -0.39 is 10.0 Å². The van der Waals surface area contributed by atoms with Crippen molar-refractivity contribution < 1.29 is 8.42 Å². The Balaban J connectivity index is 2.37. The Kier molecular flexibility index (Phi) is 5.03. The molecule has 0 unspecified atom stereocenters. The first-order valence-corrected chi connectivity index (χ1v) is 8.74. The molecule has 0 spiro atoms. The topological polar surface area (TPSA) is 52.0 Å². The Bertz CT molecular complexity index is 838. The molecule has 2 heterocycles. The number of fused-ring (bicyclic) bond motifs is 1. The van der Waals surface area contributed by atoms with E-state index in [2.05, 4.69) is 27.5 Å². The number of hydrogen-bond acceptors (Lipinski definition) is 3. The summed E-state index contributed by atoms with van der Waals surface area (Å²) < 4.78 is 26.4. The summed E-state index contributed by atoms with van der Waals surface area (Å²) in [6.07, 6.45) is 11.2. The molecule has 0 saturated heterocycles. The Morgan fingerprint density at radius 3 is 2.86 bits per heavy atom. The van der Waals surface area contributed by atoms with Crippen molar-refractivity contribution in [2.45, 2.75) is 0 Å². The van der Waals surface area contributed by atoms with Gasteiger partial charge in [0.25, 0.3) is 0 Å². The molecule has 0 aliphatic carbocycles. The van der Waals surface area contributed by atoms with Gasteiger partial charge in [0.2, 0.25) is 10.0 Å². The second kappa shape index (κ2) is 6.60. The minimum Gasteiger partial charge on any atom is -0.236 e. The van der Waals surface area contributed by atoms with Crippen LogP contribution in [0, 0.1) is 0 Å². The lowest BCUT2D eigenvalue weighted by molar-refractivity contribution is 0.592. The van der Waals surface area contributed by atoms with Gasteiger partial charge in [0.05, 0.1) is 15.2 Å². The molecule has 0 aromatic carbocycles. The van der Waals surface area contributed by atoms with Crippen LogP contribution < -0.4 is 0 Å². The number of hydrogen-bond donors (Lipinski definition) is 0. The van der Waals surface area contributed by atoms with Gasteiger partial charge in [-0.25, -0.2) is 17.4 Å². The van der Waals surface area contributed by atoms with Crippen LogP contribution in [-0.4, -0.2) is 23.1 Å². The third-order valence-electron chi connectivity index (χ3n) is 2.67. The molecule has 7 heteroatoms. The number of rotatable bonds is 5. The van der Waals surface area contributed by atoms with Crippen molar-refractivity contribution in [3.8, 4) is 0 Å². The number of halogens is 2. The van der Waals surface area contributed by atoms with E-state index in [0.717, 1.165) is 3.97 Å². The van der Waals surface area contributed by atoms with Crippen molar-refractivity contribution in [2.24, 2.45) is 0 Å². The first kappa shape index (κ1) is 16.0. The van der Waals surface area contributed by atoms with Crippen LogP contribution in [0.3, 0.4) is 0 Å². The monoisotopic (exact) mass is 386 g/mol. The quantitative estimate of drug-likeness (QED) is 0.730. The highest BCUT2D eigenvalue weighted by molar-refractivity contribution is 9.10. The number of pyridine rings is 1. The second-order valence-electron chi connectivity index (χ2n) is 4.10. The van der Waals surface area contributed by atoms with Crippen LogP contribution in [0.1, 0.15) is 0 Å². The fourth-order valence-electron chi connectivity index (χ4n) is 1.71. The average molecular weight is 388 g/mol. The molecule has 0 bridgehead atoms. The van der Waals surface area contributed by atoms with Crippen LogP contribution in [-0.2, 0) is 10.0 Å². The van der Waals surface area contributed by atoms with Crippen molar-refractivity contribution in [1.82, 2.24) is 8.96 Å². The van der Waals surface area contributed by atoms with Crippen LogP contribution in [0.4, 0.5) is 0 Å². The van der Waals surface area contributed by atoms with Gasteiger partial charge in [-0.05, 0) is 22.0 Å². The highest BCUT2D eigenvalue weighted by Gasteiger charge is 2.17. The van der Waals surface area contributed by atoms with Gasteiger partial charge in [-0.3, -0.25) is 0 Å². The molecule has 0 atom stereocenters. The summed E-state index contributed by atoms with van der Waals surface area (Å²) in [4.78, 5) is 4.13. The van der Waals surface area contributed by atoms with Gasteiger partial charge >= 0.3 is 0 Å². The maximum atomic E-state index is 12.3. The molecule has 0 N–H and O–H groups in total. The summed E-state index contributed by atoms with van der Waals surface area (Å²) >= 11 is 9.39. The van der Waals surface area contributed by atoms with Crippen LogP contribution in [0.25, 0.3) is 11.0 Å². The van der Waals surface area contributed by atoms with Gasteiger partial charge in [0, 0.05) is 17.8 Å². The summed E-state index contributed by atoms with van der Waals surface area (Å²) in [7, 11) is -3.53. The molecule has 0 saturated carbocycles. The standard InChI is InChI=1S/C14H12BrClN2O2S/c1-2-3-4-5-6-9-21(19,20)18-8-7-11-13(16)12(15)10-17-14(11)18/h2-8,10H,1,9H2/b4-3-,6-5-. The molecule has 0 amide bonds. The van der Waals surface area contributed by atoms with E-state index in [4.69, 9.17) is 11.6 Å². The molecule has 0 aliphatic rings. The Labute approximate surface area is 136 Å². The lowest BCUT2D eigenvalue weighted by Crippen LogP contribution is -2.14. The molecular formula is C14H12BrClN2O2S. The summed E-state index contributed by atoms with van der Waals surface area (Å²) in [5.74, 6) is -0.131. The summed E-state index contributed by atoms with van der Waals surface area (Å²) in [5.41, 5.74) is 0.318. The number of allylic oxidation sites excluding steroid dienone is 4. The normalized spacial score (nSPS) is 12.7. The fraction of sp³-hybridized carbons (Fsp3) is 0.0714. The molecule has 21 heavy (non-hydrogen) atoms. The molecule has 2 aromatic heterocycles. The lowest BCUT2D eigenvalue weighted by Gasteiger charge is -2.05. The van der Waals surface area contributed by atoms with E-state index in [1.807, 2.05) is 0 Å². The third kappa shape index (κ3) is 3.45. The Morgan fingerprint density at radius 1 is 1.38 bits per heavy atom. The van der Waals surface area contributed by atoms with Crippen molar-refractivity contribution in [2.75, 3.05) is 5.75 Å². The maximum absolute atomic E-state index is 12.3. The lowest BCUT2D eigenvalue weighted by atomic mass is 10.3. The fourth-order valence-corrected chi connectivity index (χ4v) is 3.39. The smallest absolute Gasteiger partial charge is 0.236 e. The Morgan fingerprint density at radius 2 is 2.14 bits per heavy atom. The van der Waals surface area contributed by atoms with E-state index in [1.54, 1.807) is 36.4 Å². The minimum atomic E-state index is -3.53. The predicted octanol–water partition coefficient (Wildman–Crippen LogP) is 3.93. The van der Waals surface area contributed by atoms with Gasteiger partial charge in [-0.1, -0.05) is 48.6 Å². The van der Waals surface area contributed by atoms with Crippen molar-refractivity contribution in [1.29, 1.82) is 0 Å². The van der Waals surface area contributed by atoms with Crippen LogP contribution >= 0.6 is 27.5 Å². The molecule has 0 radical (unpaired) electrons. The van der Waals surface area contributed by atoms with E-state index in [1.165, 1.54) is 12.4 Å². The Hall–Kier alpha value is -1.37. The zero-order chi connectivity index (χ0) is 15.5. The van der Waals surface area contributed by atoms with Crippen LogP contribution in [0.2, 0.25) is 5.02 Å². The second-order valence-corrected chi connectivity index (χ2v) is 7.22. The van der Waals surface area contributed by atoms with Crippen LogP contribution in [0.5, 0.6) is 0 Å². The zero-order valence-corrected chi connectivity index (χ0v) is 14.1. The summed E-state index contributed by atoms with van der Waals surface area (Å²) in [5, 5.41) is 1.03. The molecule has 4 nitrogen and oxygen atoms in total. The average Bonchev–Trinajstić information content (AvgIpc) is 2.88. The van der Waals surface area contributed by atoms with Gasteiger partial charge in [0.1, 0.15) is 0 Å². The van der Waals surface area contributed by atoms with Crippen molar-refractivity contribution in [3.63, 3.8) is 0 Å². The molecule has 2 rings (SSSR count). The van der Waals surface area contributed by atoms with E-state index in [0.29, 0.717) is 20.5 Å². The van der Waals surface area contributed by atoms with E-state index in [9.17, 15) is 8.42 Å². The molecule has 0 aliphatic heterocycles. The van der Waals surface area contributed by atoms with E-state index >= 15 is 0 Å². The first-order chi connectivity index (χ1) is 9.97. The van der Waals surface area contributed by atoms with Crippen molar-refractivity contribution >= 4 is 48.6 Å². The zero-order valence-electron chi connectivity index (χ0n) is 10.9. The highest BCUT2D eigenvalue weighted by Crippen LogP contribution is 2.30. The summed E-state index contributed by atoms with van der Waals surface area (Å²) in [6, 6.07) is 1.63.